The van der Waals surface area contributed by atoms with E-state index in [2.05, 4.69) is 16.4 Å². The topological polar surface area (TPSA) is 67.2 Å². The predicted octanol–water partition coefficient (Wildman–Crippen LogP) is 4.43. The molecule has 0 fully saturated rings. The number of halogens is 4. The van der Waals surface area contributed by atoms with Crippen LogP contribution in [0.1, 0.15) is 22.4 Å². The van der Waals surface area contributed by atoms with Gasteiger partial charge >= 0.3 is 6.18 Å². The fourth-order valence-electron chi connectivity index (χ4n) is 3.79. The Morgan fingerprint density at radius 1 is 1.15 bits per heavy atom. The summed E-state index contributed by atoms with van der Waals surface area (Å²) >= 11 is 5.98. The van der Waals surface area contributed by atoms with Crippen molar-refractivity contribution in [1.29, 1.82) is 0 Å². The molecule has 3 aromatic rings. The van der Waals surface area contributed by atoms with Crippen LogP contribution in [0.2, 0.25) is 5.02 Å². The number of hydrogen-bond acceptors (Lipinski definition) is 4. The number of aryl methyl sites for hydroxylation is 1. The fraction of sp³-hybridized carbons (Fsp3) is 0.261. The van der Waals surface area contributed by atoms with E-state index in [1.165, 1.54) is 16.2 Å². The summed E-state index contributed by atoms with van der Waals surface area (Å²) in [6.45, 7) is 2.39. The fourth-order valence-corrected chi connectivity index (χ4v) is 3.96. The molecule has 1 N–H and O–H groups in total. The van der Waals surface area contributed by atoms with Gasteiger partial charge < -0.3 is 10.2 Å². The van der Waals surface area contributed by atoms with Gasteiger partial charge in [0, 0.05) is 24.8 Å². The van der Waals surface area contributed by atoms with Crippen molar-refractivity contribution in [1.82, 2.24) is 9.55 Å². The van der Waals surface area contributed by atoms with E-state index in [1.807, 2.05) is 23.1 Å². The molecule has 33 heavy (non-hydrogen) atoms. The number of hydrogen-bond donors (Lipinski definition) is 1. The molecule has 0 atom stereocenters. The maximum atomic E-state index is 13.0. The molecule has 0 saturated heterocycles. The number of carbonyl (C=O) groups is 1. The molecule has 1 aliphatic heterocycles. The van der Waals surface area contributed by atoms with Gasteiger partial charge in [0.1, 0.15) is 6.54 Å². The molecule has 1 amide bonds. The highest BCUT2D eigenvalue weighted by Crippen LogP contribution is 2.34. The van der Waals surface area contributed by atoms with Crippen molar-refractivity contribution in [3.63, 3.8) is 0 Å². The van der Waals surface area contributed by atoms with Crippen LogP contribution in [0.3, 0.4) is 0 Å². The Morgan fingerprint density at radius 2 is 1.88 bits per heavy atom. The molecule has 2 heterocycles. The van der Waals surface area contributed by atoms with Crippen molar-refractivity contribution in [2.45, 2.75) is 32.6 Å². The highest BCUT2D eigenvalue weighted by Gasteiger charge is 2.31. The molecule has 0 saturated carbocycles. The number of nitrogens with one attached hydrogen (secondary N) is 1. The first-order chi connectivity index (χ1) is 15.6. The molecule has 172 valence electrons. The zero-order valence-corrected chi connectivity index (χ0v) is 18.4. The normalized spacial score (nSPS) is 13.5. The van der Waals surface area contributed by atoms with E-state index in [0.29, 0.717) is 24.7 Å². The third kappa shape index (κ3) is 5.03. The van der Waals surface area contributed by atoms with Gasteiger partial charge in [0.25, 0.3) is 5.56 Å². The second kappa shape index (κ2) is 8.90. The maximum Gasteiger partial charge on any atom is 0.416 e. The lowest BCUT2D eigenvalue weighted by Gasteiger charge is -2.31. The average molecular weight is 477 g/mol. The smallest absolute Gasteiger partial charge is 0.337 e. The molecule has 0 bridgehead atoms. The first-order valence-corrected chi connectivity index (χ1v) is 10.6. The lowest BCUT2D eigenvalue weighted by molar-refractivity contribution is -0.137. The van der Waals surface area contributed by atoms with Gasteiger partial charge in [-0.15, -0.1) is 0 Å². The summed E-state index contributed by atoms with van der Waals surface area (Å²) in [7, 11) is 0. The molecule has 0 unspecified atom stereocenters. The highest BCUT2D eigenvalue weighted by molar-refractivity contribution is 6.33. The van der Waals surface area contributed by atoms with Crippen LogP contribution < -0.4 is 15.8 Å². The zero-order valence-electron chi connectivity index (χ0n) is 17.6. The molecule has 0 aliphatic carbocycles. The van der Waals surface area contributed by atoms with Crippen molar-refractivity contribution in [2.75, 3.05) is 16.8 Å². The molecule has 1 aliphatic rings. The summed E-state index contributed by atoms with van der Waals surface area (Å²) in [6, 6.07) is 11.9. The van der Waals surface area contributed by atoms with E-state index in [9.17, 15) is 22.8 Å². The van der Waals surface area contributed by atoms with Crippen LogP contribution in [0.25, 0.3) is 0 Å². The van der Waals surface area contributed by atoms with Gasteiger partial charge in [-0.3, -0.25) is 14.2 Å². The number of carbonyl (C=O) groups excluding carboxylic acids is 1. The predicted molar refractivity (Wildman–Crippen MR) is 120 cm³/mol. The summed E-state index contributed by atoms with van der Waals surface area (Å²) in [5.74, 6) is -0.359. The number of aromatic nitrogens is 2. The van der Waals surface area contributed by atoms with E-state index in [4.69, 9.17) is 11.6 Å². The molecule has 2 aromatic carbocycles. The summed E-state index contributed by atoms with van der Waals surface area (Å²) < 4.78 is 40.3. The van der Waals surface area contributed by atoms with Crippen LogP contribution in [-0.4, -0.2) is 22.0 Å². The lowest BCUT2D eigenvalue weighted by atomic mass is 10.0. The molecule has 6 nitrogen and oxygen atoms in total. The number of anilines is 2. The Morgan fingerprint density at radius 3 is 2.61 bits per heavy atom. The van der Waals surface area contributed by atoms with Gasteiger partial charge in [0.15, 0.2) is 0 Å². The van der Waals surface area contributed by atoms with E-state index in [-0.39, 0.29) is 10.7 Å². The summed E-state index contributed by atoms with van der Waals surface area (Å²) in [6.07, 6.45) is -3.83. The highest BCUT2D eigenvalue weighted by atomic mass is 35.5. The Hall–Kier alpha value is -3.33. The zero-order chi connectivity index (χ0) is 23.8. The van der Waals surface area contributed by atoms with E-state index in [0.717, 1.165) is 30.2 Å². The number of nitrogens with zero attached hydrogens (tertiary/aromatic N) is 3. The average Bonchev–Trinajstić information content (AvgIpc) is 2.76. The third-order valence-corrected chi connectivity index (χ3v) is 5.73. The van der Waals surface area contributed by atoms with Crippen LogP contribution >= 0.6 is 11.6 Å². The molecule has 0 radical (unpaired) electrons. The van der Waals surface area contributed by atoms with Crippen LogP contribution in [0, 0.1) is 6.92 Å². The van der Waals surface area contributed by atoms with Gasteiger partial charge in [-0.2, -0.15) is 13.2 Å². The maximum absolute atomic E-state index is 13.0. The van der Waals surface area contributed by atoms with Crippen molar-refractivity contribution in [2.24, 2.45) is 0 Å². The second-order valence-corrected chi connectivity index (χ2v) is 8.21. The molecular formula is C23H20ClF3N4O2. The van der Waals surface area contributed by atoms with Crippen molar-refractivity contribution in [3.05, 3.63) is 86.3 Å². The quantitative estimate of drug-likeness (QED) is 0.605. The standard InChI is InChI=1S/C23H20ClF3N4O2/c1-14-10-21(33)31(22(28-14)30-9-8-15-4-2-3-5-16(15)12-30)13-20(32)29-19-11-17(23(25,26)27)6-7-18(19)24/h2-7,10-11H,8-9,12-13H2,1H3,(H,29,32). The van der Waals surface area contributed by atoms with Crippen LogP contribution in [0.15, 0.2) is 53.3 Å². The summed E-state index contributed by atoms with van der Waals surface area (Å²) in [4.78, 5) is 31.8. The van der Waals surface area contributed by atoms with Crippen LogP contribution in [0.5, 0.6) is 0 Å². The number of rotatable bonds is 4. The van der Waals surface area contributed by atoms with Gasteiger partial charge in [0.05, 0.1) is 16.3 Å². The van der Waals surface area contributed by atoms with Crippen molar-refractivity contribution < 1.29 is 18.0 Å². The lowest BCUT2D eigenvalue weighted by Crippen LogP contribution is -2.38. The van der Waals surface area contributed by atoms with Gasteiger partial charge in [0.2, 0.25) is 11.9 Å². The summed E-state index contributed by atoms with van der Waals surface area (Å²) in [5.41, 5.74) is 1.27. The number of benzene rings is 2. The Balaban J connectivity index is 1.61. The Labute approximate surface area is 192 Å². The Kier molecular flexibility index (Phi) is 6.16. The number of alkyl halides is 3. The third-order valence-electron chi connectivity index (χ3n) is 5.40. The minimum atomic E-state index is -4.58. The summed E-state index contributed by atoms with van der Waals surface area (Å²) in [5, 5.41) is 2.34. The van der Waals surface area contributed by atoms with Crippen LogP contribution in [-0.2, 0) is 30.5 Å². The number of amides is 1. The van der Waals surface area contributed by atoms with Gasteiger partial charge in [-0.05, 0) is 42.7 Å². The first-order valence-electron chi connectivity index (χ1n) is 10.2. The molecular weight excluding hydrogens is 457 g/mol. The SMILES string of the molecule is Cc1cc(=O)n(CC(=O)Nc2cc(C(F)(F)F)ccc2Cl)c(N2CCc3ccccc3C2)n1. The molecule has 0 spiro atoms. The second-order valence-electron chi connectivity index (χ2n) is 7.80. The number of fused-ring (bicyclic) bond motifs is 1. The van der Waals surface area contributed by atoms with Crippen LogP contribution in [0.4, 0.5) is 24.8 Å². The van der Waals surface area contributed by atoms with Crippen molar-refractivity contribution >= 4 is 29.1 Å². The molecule has 4 rings (SSSR count). The van der Waals surface area contributed by atoms with E-state index in [1.54, 1.807) is 6.92 Å². The first kappa shape index (κ1) is 22.8. The van der Waals surface area contributed by atoms with Crippen molar-refractivity contribution in [3.8, 4) is 0 Å². The van der Waals surface area contributed by atoms with E-state index >= 15 is 0 Å². The monoisotopic (exact) mass is 476 g/mol. The largest absolute Gasteiger partial charge is 0.416 e. The minimum absolute atomic E-state index is 0.0430. The van der Waals surface area contributed by atoms with Gasteiger partial charge in [-0.25, -0.2) is 4.98 Å². The Bertz CT molecular complexity index is 1270. The van der Waals surface area contributed by atoms with E-state index < -0.39 is 29.8 Å². The molecule has 1 aromatic heterocycles. The van der Waals surface area contributed by atoms with Gasteiger partial charge in [-0.1, -0.05) is 35.9 Å². The minimum Gasteiger partial charge on any atom is -0.337 e. The molecule has 10 heteroatoms.